The molecule has 1 aromatic heterocycles. The Morgan fingerprint density at radius 1 is 1.17 bits per heavy atom. The Bertz CT molecular complexity index is 648. The van der Waals surface area contributed by atoms with Crippen LogP contribution in [0.2, 0.25) is 0 Å². The van der Waals surface area contributed by atoms with E-state index in [2.05, 4.69) is 10.4 Å². The molecule has 0 saturated heterocycles. The molecule has 0 fully saturated rings. The molecule has 0 saturated carbocycles. The minimum atomic E-state index is 0.0586. The molecule has 0 spiro atoms. The predicted molar refractivity (Wildman–Crippen MR) is 93.8 cm³/mol. The number of amides is 1. The number of carbonyl (C=O) groups is 1. The van der Waals surface area contributed by atoms with Gasteiger partial charge in [-0.15, -0.1) is 0 Å². The van der Waals surface area contributed by atoms with Crippen molar-refractivity contribution in [2.45, 2.75) is 46.0 Å². The van der Waals surface area contributed by atoms with E-state index in [1.165, 1.54) is 0 Å². The average molecular weight is 314 g/mol. The molecule has 5 nitrogen and oxygen atoms in total. The smallest absolute Gasteiger partial charge is 0.224 e. The molecule has 0 radical (unpaired) electrons. The van der Waals surface area contributed by atoms with Crippen LogP contribution < -0.4 is 11.1 Å². The van der Waals surface area contributed by atoms with Gasteiger partial charge in [-0.1, -0.05) is 18.9 Å². The van der Waals surface area contributed by atoms with E-state index in [4.69, 9.17) is 5.73 Å². The van der Waals surface area contributed by atoms with Crippen molar-refractivity contribution in [1.29, 1.82) is 0 Å². The summed E-state index contributed by atoms with van der Waals surface area (Å²) in [7, 11) is 0. The zero-order chi connectivity index (χ0) is 16.7. The Balaban J connectivity index is 1.92. The molecule has 1 aromatic carbocycles. The first-order valence-electron chi connectivity index (χ1n) is 8.24. The molecule has 0 unspecified atom stereocenters. The summed E-state index contributed by atoms with van der Waals surface area (Å²) in [5.41, 5.74) is 9.28. The van der Waals surface area contributed by atoms with Gasteiger partial charge in [0.2, 0.25) is 5.91 Å². The predicted octanol–water partition coefficient (Wildman–Crippen LogP) is 3.34. The fourth-order valence-electron chi connectivity index (χ4n) is 2.61. The number of nitrogens with one attached hydrogen (secondary N) is 1. The highest BCUT2D eigenvalue weighted by molar-refractivity contribution is 5.90. The van der Waals surface area contributed by atoms with Gasteiger partial charge >= 0.3 is 0 Å². The minimum absolute atomic E-state index is 0.0586. The van der Waals surface area contributed by atoms with Crippen LogP contribution in [0.25, 0.3) is 5.69 Å². The van der Waals surface area contributed by atoms with Gasteiger partial charge in [0, 0.05) is 17.8 Å². The quantitative estimate of drug-likeness (QED) is 0.734. The minimum Gasteiger partial charge on any atom is -0.330 e. The number of nitrogens with zero attached hydrogens (tertiary/aromatic N) is 2. The second kappa shape index (κ2) is 8.48. The maximum atomic E-state index is 12.0. The van der Waals surface area contributed by atoms with Crippen molar-refractivity contribution in [3.8, 4) is 5.69 Å². The molecule has 0 aliphatic carbocycles. The molecule has 3 N–H and O–H groups in total. The number of hydrogen-bond donors (Lipinski definition) is 2. The standard InChI is InChI=1S/C18H26N4O/c1-14-12-15(2)22(21-14)17-9-7-8-16(13-17)20-18(23)10-5-3-4-6-11-19/h7-9,12-13H,3-6,10-11,19H2,1-2H3,(H,20,23). The average Bonchev–Trinajstić information content (AvgIpc) is 2.86. The first-order valence-corrected chi connectivity index (χ1v) is 8.24. The normalized spacial score (nSPS) is 10.7. The van der Waals surface area contributed by atoms with E-state index >= 15 is 0 Å². The summed E-state index contributed by atoms with van der Waals surface area (Å²) in [6, 6.07) is 9.81. The van der Waals surface area contributed by atoms with Crippen LogP contribution in [0.3, 0.4) is 0 Å². The summed E-state index contributed by atoms with van der Waals surface area (Å²) in [4.78, 5) is 12.0. The summed E-state index contributed by atoms with van der Waals surface area (Å²) in [6.45, 7) is 4.72. The second-order valence-electron chi connectivity index (χ2n) is 5.89. The van der Waals surface area contributed by atoms with E-state index < -0.39 is 0 Å². The molecule has 2 aromatic rings. The Kier molecular flexibility index (Phi) is 6.35. The van der Waals surface area contributed by atoms with E-state index in [0.717, 1.165) is 55.0 Å². The molecule has 0 atom stereocenters. The number of hydrogen-bond acceptors (Lipinski definition) is 3. The molecule has 0 bridgehead atoms. The van der Waals surface area contributed by atoms with Crippen LogP contribution >= 0.6 is 0 Å². The molecule has 0 aliphatic rings. The van der Waals surface area contributed by atoms with Gasteiger partial charge in [-0.25, -0.2) is 4.68 Å². The number of anilines is 1. The molecular weight excluding hydrogens is 288 g/mol. The molecule has 1 amide bonds. The van der Waals surface area contributed by atoms with Crippen molar-refractivity contribution < 1.29 is 4.79 Å². The highest BCUT2D eigenvalue weighted by Crippen LogP contribution is 2.17. The van der Waals surface area contributed by atoms with Gasteiger partial charge in [-0.2, -0.15) is 5.10 Å². The third kappa shape index (κ3) is 5.21. The van der Waals surface area contributed by atoms with E-state index in [1.54, 1.807) is 0 Å². The lowest BCUT2D eigenvalue weighted by Gasteiger charge is -2.09. The lowest BCUT2D eigenvalue weighted by atomic mass is 10.1. The zero-order valence-electron chi connectivity index (χ0n) is 14.0. The van der Waals surface area contributed by atoms with Gasteiger partial charge in [0.1, 0.15) is 0 Å². The molecule has 23 heavy (non-hydrogen) atoms. The number of unbranched alkanes of at least 4 members (excludes halogenated alkanes) is 3. The number of aryl methyl sites for hydroxylation is 2. The van der Waals surface area contributed by atoms with Crippen molar-refractivity contribution in [3.05, 3.63) is 41.7 Å². The van der Waals surface area contributed by atoms with Crippen LogP contribution in [-0.2, 0) is 4.79 Å². The van der Waals surface area contributed by atoms with Crippen molar-refractivity contribution in [2.24, 2.45) is 5.73 Å². The van der Waals surface area contributed by atoms with Crippen LogP contribution in [-0.4, -0.2) is 22.2 Å². The van der Waals surface area contributed by atoms with Crippen molar-refractivity contribution in [3.63, 3.8) is 0 Å². The van der Waals surface area contributed by atoms with Crippen molar-refractivity contribution in [1.82, 2.24) is 9.78 Å². The number of aromatic nitrogens is 2. The lowest BCUT2D eigenvalue weighted by molar-refractivity contribution is -0.116. The third-order valence-electron chi connectivity index (χ3n) is 3.74. The summed E-state index contributed by atoms with van der Waals surface area (Å²) < 4.78 is 1.89. The third-order valence-corrected chi connectivity index (χ3v) is 3.74. The van der Waals surface area contributed by atoms with E-state index in [-0.39, 0.29) is 5.91 Å². The molecule has 2 rings (SSSR count). The fourth-order valence-corrected chi connectivity index (χ4v) is 2.61. The maximum absolute atomic E-state index is 12.0. The van der Waals surface area contributed by atoms with Gasteiger partial charge in [0.25, 0.3) is 0 Å². The molecule has 5 heteroatoms. The molecule has 1 heterocycles. The Morgan fingerprint density at radius 2 is 1.96 bits per heavy atom. The summed E-state index contributed by atoms with van der Waals surface area (Å²) in [5, 5.41) is 7.44. The molecule has 124 valence electrons. The SMILES string of the molecule is Cc1cc(C)n(-c2cccc(NC(=O)CCCCCCN)c2)n1. The number of benzene rings is 1. The Hall–Kier alpha value is -2.14. The van der Waals surface area contributed by atoms with E-state index in [9.17, 15) is 4.79 Å². The molecule has 0 aliphatic heterocycles. The fraction of sp³-hybridized carbons (Fsp3) is 0.444. The summed E-state index contributed by atoms with van der Waals surface area (Å²) in [5.74, 6) is 0.0586. The first-order chi connectivity index (χ1) is 11.1. The van der Waals surface area contributed by atoms with Gasteiger partial charge in [-0.05, 0) is 57.5 Å². The zero-order valence-corrected chi connectivity index (χ0v) is 14.0. The van der Waals surface area contributed by atoms with Crippen LogP contribution in [0.1, 0.15) is 43.5 Å². The van der Waals surface area contributed by atoms with Gasteiger partial charge in [0.05, 0.1) is 11.4 Å². The first kappa shape index (κ1) is 17.2. The highest BCUT2D eigenvalue weighted by Gasteiger charge is 2.06. The highest BCUT2D eigenvalue weighted by atomic mass is 16.1. The van der Waals surface area contributed by atoms with Crippen LogP contribution in [0.5, 0.6) is 0 Å². The van der Waals surface area contributed by atoms with Crippen LogP contribution in [0, 0.1) is 13.8 Å². The van der Waals surface area contributed by atoms with Gasteiger partial charge < -0.3 is 11.1 Å². The number of carbonyl (C=O) groups excluding carboxylic acids is 1. The van der Waals surface area contributed by atoms with Crippen LogP contribution in [0.4, 0.5) is 5.69 Å². The number of nitrogens with two attached hydrogens (primary N) is 1. The van der Waals surface area contributed by atoms with Crippen molar-refractivity contribution in [2.75, 3.05) is 11.9 Å². The second-order valence-corrected chi connectivity index (χ2v) is 5.89. The van der Waals surface area contributed by atoms with Crippen LogP contribution in [0.15, 0.2) is 30.3 Å². The maximum Gasteiger partial charge on any atom is 0.224 e. The van der Waals surface area contributed by atoms with Gasteiger partial charge in [0.15, 0.2) is 0 Å². The van der Waals surface area contributed by atoms with E-state index in [0.29, 0.717) is 6.42 Å². The lowest BCUT2D eigenvalue weighted by Crippen LogP contribution is -2.11. The topological polar surface area (TPSA) is 72.9 Å². The summed E-state index contributed by atoms with van der Waals surface area (Å²) >= 11 is 0. The van der Waals surface area contributed by atoms with Gasteiger partial charge in [-0.3, -0.25) is 4.79 Å². The number of rotatable bonds is 8. The van der Waals surface area contributed by atoms with E-state index in [1.807, 2.05) is 48.9 Å². The van der Waals surface area contributed by atoms with Crippen molar-refractivity contribution >= 4 is 11.6 Å². The largest absolute Gasteiger partial charge is 0.330 e. The molecular formula is C18H26N4O. The Labute approximate surface area is 137 Å². The monoisotopic (exact) mass is 314 g/mol. The summed E-state index contributed by atoms with van der Waals surface area (Å²) in [6.07, 6.45) is 4.64. The Morgan fingerprint density at radius 3 is 2.65 bits per heavy atom.